The number of aryl methyl sites for hydroxylation is 2. The standard InChI is InChI=1S/C27H29FN4O2/c1-17-10-22(14-23(28)11-17)26-19(3)32-9-5-6-21(27(32)30-34-26)12-20-7-8-24(25(13-20)33-4)31-15-18(2)29-16-31/h7-8,10-16,19,26H,5-6,9H2,1-4H3/b21-12+/t19-,26+/m0/s1. The Labute approximate surface area is 199 Å². The summed E-state index contributed by atoms with van der Waals surface area (Å²) in [6, 6.07) is 11.2. The van der Waals surface area contributed by atoms with Gasteiger partial charge in [-0.15, -0.1) is 0 Å². The number of rotatable bonds is 4. The number of hydrogen-bond acceptors (Lipinski definition) is 5. The summed E-state index contributed by atoms with van der Waals surface area (Å²) in [6.07, 6.45) is 7.54. The third-order valence-electron chi connectivity index (χ3n) is 6.51. The fourth-order valence-electron chi connectivity index (χ4n) is 4.86. The van der Waals surface area contributed by atoms with Crippen LogP contribution in [0.1, 0.15) is 48.3 Å². The van der Waals surface area contributed by atoms with Crippen LogP contribution in [0.15, 0.2) is 59.7 Å². The lowest BCUT2D eigenvalue weighted by atomic mass is 9.94. The van der Waals surface area contributed by atoms with Crippen LogP contribution in [-0.4, -0.2) is 40.0 Å². The molecule has 6 nitrogen and oxygen atoms in total. The van der Waals surface area contributed by atoms with Gasteiger partial charge in [0, 0.05) is 18.3 Å². The van der Waals surface area contributed by atoms with Gasteiger partial charge in [-0.1, -0.05) is 17.3 Å². The highest BCUT2D eigenvalue weighted by molar-refractivity contribution is 6.03. The first-order valence-corrected chi connectivity index (χ1v) is 11.6. The molecular weight excluding hydrogens is 431 g/mol. The maximum atomic E-state index is 14.0. The van der Waals surface area contributed by atoms with Crippen LogP contribution >= 0.6 is 0 Å². The maximum absolute atomic E-state index is 14.0. The summed E-state index contributed by atoms with van der Waals surface area (Å²) in [7, 11) is 1.68. The first-order valence-electron chi connectivity index (χ1n) is 11.6. The van der Waals surface area contributed by atoms with Crippen LogP contribution in [0.25, 0.3) is 11.8 Å². The second-order valence-corrected chi connectivity index (χ2v) is 9.06. The molecule has 7 heteroatoms. The number of methoxy groups -OCH3 is 1. The zero-order chi connectivity index (χ0) is 23.8. The Morgan fingerprint density at radius 2 is 2.03 bits per heavy atom. The quantitative estimate of drug-likeness (QED) is 0.509. The van der Waals surface area contributed by atoms with Crippen molar-refractivity contribution in [2.75, 3.05) is 13.7 Å². The summed E-state index contributed by atoms with van der Waals surface area (Å²) in [5.74, 6) is 1.38. The summed E-state index contributed by atoms with van der Waals surface area (Å²) in [4.78, 5) is 12.5. The molecule has 0 unspecified atom stereocenters. The molecule has 1 aromatic heterocycles. The third kappa shape index (κ3) is 4.18. The number of halogens is 1. The topological polar surface area (TPSA) is 51.9 Å². The van der Waals surface area contributed by atoms with Gasteiger partial charge in [0.2, 0.25) is 0 Å². The number of ether oxygens (including phenoxy) is 1. The molecule has 5 rings (SSSR count). The molecule has 0 saturated carbocycles. The van der Waals surface area contributed by atoms with Gasteiger partial charge >= 0.3 is 0 Å². The van der Waals surface area contributed by atoms with E-state index in [1.807, 2.05) is 42.8 Å². The minimum Gasteiger partial charge on any atom is -0.495 e. The number of fused-ring (bicyclic) bond motifs is 1. The predicted octanol–water partition coefficient (Wildman–Crippen LogP) is 5.59. The fourth-order valence-corrected chi connectivity index (χ4v) is 4.86. The molecule has 2 aliphatic heterocycles. The van der Waals surface area contributed by atoms with Gasteiger partial charge in [-0.25, -0.2) is 9.37 Å². The molecule has 1 saturated heterocycles. The van der Waals surface area contributed by atoms with Gasteiger partial charge in [0.1, 0.15) is 11.6 Å². The lowest BCUT2D eigenvalue weighted by Gasteiger charge is -2.42. The molecule has 0 spiro atoms. The largest absolute Gasteiger partial charge is 0.495 e. The van der Waals surface area contributed by atoms with Gasteiger partial charge in [-0.3, -0.25) is 0 Å². The average molecular weight is 461 g/mol. The van der Waals surface area contributed by atoms with Crippen LogP contribution in [0, 0.1) is 19.7 Å². The van der Waals surface area contributed by atoms with E-state index >= 15 is 0 Å². The van der Waals surface area contributed by atoms with E-state index in [0.717, 1.165) is 64.6 Å². The molecule has 0 N–H and O–H groups in total. The van der Waals surface area contributed by atoms with Gasteiger partial charge in [0.25, 0.3) is 0 Å². The highest BCUT2D eigenvalue weighted by atomic mass is 19.1. The van der Waals surface area contributed by atoms with Gasteiger partial charge in [0.05, 0.1) is 30.9 Å². The molecule has 1 fully saturated rings. The molecule has 2 atom stereocenters. The Balaban J connectivity index is 1.45. The molecule has 176 valence electrons. The van der Waals surface area contributed by atoms with Crippen molar-refractivity contribution in [3.63, 3.8) is 0 Å². The van der Waals surface area contributed by atoms with E-state index in [-0.39, 0.29) is 18.0 Å². The first kappa shape index (κ1) is 22.2. The van der Waals surface area contributed by atoms with Crippen LogP contribution in [0.4, 0.5) is 4.39 Å². The van der Waals surface area contributed by atoms with Gasteiger partial charge in [-0.05, 0) is 80.7 Å². The van der Waals surface area contributed by atoms with E-state index in [0.29, 0.717) is 0 Å². The summed E-state index contributed by atoms with van der Waals surface area (Å²) in [5.41, 5.74) is 5.75. The number of benzene rings is 2. The van der Waals surface area contributed by atoms with Crippen LogP contribution in [-0.2, 0) is 4.84 Å². The number of oxime groups is 1. The zero-order valence-electron chi connectivity index (χ0n) is 20.0. The number of imidazole rings is 1. The smallest absolute Gasteiger partial charge is 0.172 e. The lowest BCUT2D eigenvalue weighted by Crippen LogP contribution is -2.49. The Morgan fingerprint density at radius 1 is 1.18 bits per heavy atom. The number of nitrogens with zero attached hydrogens (tertiary/aromatic N) is 4. The van der Waals surface area contributed by atoms with E-state index in [9.17, 15) is 4.39 Å². The molecule has 0 aliphatic carbocycles. The van der Waals surface area contributed by atoms with Gasteiger partial charge in [-0.2, -0.15) is 0 Å². The minimum absolute atomic E-state index is 0.0405. The number of piperidine rings is 1. The van der Waals surface area contributed by atoms with Crippen molar-refractivity contribution in [3.8, 4) is 11.4 Å². The monoisotopic (exact) mass is 460 g/mol. The lowest BCUT2D eigenvalue weighted by molar-refractivity contribution is -0.0157. The van der Waals surface area contributed by atoms with Crippen LogP contribution in [0.3, 0.4) is 0 Å². The van der Waals surface area contributed by atoms with Gasteiger partial charge in [0.15, 0.2) is 11.9 Å². The second kappa shape index (κ2) is 8.97. The van der Waals surface area contributed by atoms with Crippen LogP contribution in [0.2, 0.25) is 0 Å². The van der Waals surface area contributed by atoms with Crippen molar-refractivity contribution in [1.82, 2.24) is 14.5 Å². The predicted molar refractivity (Wildman–Crippen MR) is 131 cm³/mol. The van der Waals surface area contributed by atoms with E-state index in [1.54, 1.807) is 19.5 Å². The van der Waals surface area contributed by atoms with Crippen LogP contribution < -0.4 is 4.74 Å². The summed E-state index contributed by atoms with van der Waals surface area (Å²) in [6.45, 7) is 6.87. The zero-order valence-corrected chi connectivity index (χ0v) is 20.0. The van der Waals surface area contributed by atoms with E-state index in [4.69, 9.17) is 9.57 Å². The number of amidine groups is 1. The van der Waals surface area contributed by atoms with E-state index in [2.05, 4.69) is 34.1 Å². The highest BCUT2D eigenvalue weighted by Gasteiger charge is 2.36. The maximum Gasteiger partial charge on any atom is 0.172 e. The summed E-state index contributed by atoms with van der Waals surface area (Å²) < 4.78 is 21.6. The van der Waals surface area contributed by atoms with Crippen molar-refractivity contribution in [2.45, 2.75) is 45.8 Å². The van der Waals surface area contributed by atoms with Crippen molar-refractivity contribution < 1.29 is 14.0 Å². The molecule has 0 bridgehead atoms. The van der Waals surface area contributed by atoms with Crippen molar-refractivity contribution in [2.24, 2.45) is 5.16 Å². The van der Waals surface area contributed by atoms with Crippen molar-refractivity contribution in [1.29, 1.82) is 0 Å². The molecule has 34 heavy (non-hydrogen) atoms. The second-order valence-electron chi connectivity index (χ2n) is 9.06. The van der Waals surface area contributed by atoms with Crippen molar-refractivity contribution >= 4 is 11.9 Å². The SMILES string of the molecule is COc1cc(/C=C2\CCCN3C2=NO[C@@H](c2cc(C)cc(F)c2)[C@@H]3C)ccc1-n1cnc(C)c1. The molecular formula is C27H29FN4O2. The van der Waals surface area contributed by atoms with Gasteiger partial charge < -0.3 is 19.0 Å². The molecule has 2 aromatic carbocycles. The van der Waals surface area contributed by atoms with E-state index < -0.39 is 0 Å². The fraction of sp³-hybridized carbons (Fsp3) is 0.333. The summed E-state index contributed by atoms with van der Waals surface area (Å²) >= 11 is 0. The van der Waals surface area contributed by atoms with E-state index in [1.165, 1.54) is 6.07 Å². The molecule has 3 aromatic rings. The Kier molecular flexibility index (Phi) is 5.86. The molecule has 3 heterocycles. The normalized spacial score (nSPS) is 21.1. The molecule has 0 radical (unpaired) electrons. The summed E-state index contributed by atoms with van der Waals surface area (Å²) in [5, 5.41) is 4.52. The molecule has 2 aliphatic rings. The first-order chi connectivity index (χ1) is 16.4. The highest BCUT2D eigenvalue weighted by Crippen LogP contribution is 2.35. The molecule has 0 amide bonds. The number of hydrogen-bond donors (Lipinski definition) is 0. The van der Waals surface area contributed by atoms with Crippen LogP contribution in [0.5, 0.6) is 5.75 Å². The Bertz CT molecular complexity index is 1260. The van der Waals surface area contributed by atoms with Crippen molar-refractivity contribution in [3.05, 3.63) is 82.7 Å². The average Bonchev–Trinajstić information content (AvgIpc) is 3.25. The third-order valence-corrected chi connectivity index (χ3v) is 6.51. The Hall–Kier alpha value is -3.61. The minimum atomic E-state index is -0.310. The number of aromatic nitrogens is 2. The Morgan fingerprint density at radius 3 is 2.76 bits per heavy atom.